The number of rotatable bonds is 7. The molecule has 1 heterocycles. The third-order valence-corrected chi connectivity index (χ3v) is 7.82. The van der Waals surface area contributed by atoms with E-state index in [-0.39, 0.29) is 10.3 Å². The summed E-state index contributed by atoms with van der Waals surface area (Å²) >= 11 is 7.89. The topological polar surface area (TPSA) is 46.6 Å². The fraction of sp³-hybridized carbons (Fsp3) is 0.368. The first-order valence-corrected chi connectivity index (χ1v) is 11.5. The summed E-state index contributed by atoms with van der Waals surface area (Å²) in [5.74, 6) is 1.43. The molecule has 0 radical (unpaired) electrons. The third-order valence-electron chi connectivity index (χ3n) is 4.22. The van der Waals surface area contributed by atoms with Crippen molar-refractivity contribution in [1.82, 2.24) is 4.31 Å². The summed E-state index contributed by atoms with van der Waals surface area (Å²) in [6, 6.07) is 14.1. The largest absolute Gasteiger partial charge is 0.494 e. The Balaban J connectivity index is 1.81. The summed E-state index contributed by atoms with van der Waals surface area (Å²) in [4.78, 5) is 0.278. The lowest BCUT2D eigenvalue weighted by molar-refractivity contribution is 0.309. The maximum Gasteiger partial charge on any atom is 0.244 e. The van der Waals surface area contributed by atoms with Crippen LogP contribution in [0.25, 0.3) is 0 Å². The van der Waals surface area contributed by atoms with Crippen molar-refractivity contribution in [3.63, 3.8) is 0 Å². The molecule has 0 spiro atoms. The van der Waals surface area contributed by atoms with E-state index < -0.39 is 10.0 Å². The zero-order valence-corrected chi connectivity index (χ0v) is 17.0. The second-order valence-electron chi connectivity index (χ2n) is 6.03. The number of nitrogens with zero attached hydrogens (tertiary/aromatic N) is 1. The number of unbranched alkanes of at least 4 members (excludes halogenated alkanes) is 1. The molecule has 0 N–H and O–H groups in total. The van der Waals surface area contributed by atoms with Gasteiger partial charge in [0, 0.05) is 17.3 Å². The minimum atomic E-state index is -3.60. The SMILES string of the molecule is CCCCOc1ccc(S(=O)(=O)N2CCS[C@@H]2c2ccccc2Cl)cc1. The van der Waals surface area contributed by atoms with Crippen LogP contribution in [0.1, 0.15) is 30.7 Å². The minimum Gasteiger partial charge on any atom is -0.494 e. The molecule has 0 aromatic heterocycles. The standard InChI is InChI=1S/C19H22ClNO3S2/c1-2-3-13-24-15-8-10-16(11-9-15)26(22,23)21-12-14-25-19(21)17-6-4-5-7-18(17)20/h4-11,19H,2-3,12-14H2,1H3/t19-/m1/s1. The Morgan fingerprint density at radius 1 is 1.19 bits per heavy atom. The number of benzene rings is 2. The van der Waals surface area contributed by atoms with Crippen molar-refractivity contribution >= 4 is 33.4 Å². The lowest BCUT2D eigenvalue weighted by atomic mass is 10.2. The molecule has 2 aromatic rings. The highest BCUT2D eigenvalue weighted by Crippen LogP contribution is 2.43. The second-order valence-corrected chi connectivity index (χ2v) is 9.52. The van der Waals surface area contributed by atoms with Gasteiger partial charge in [0.1, 0.15) is 5.75 Å². The van der Waals surface area contributed by atoms with Crippen LogP contribution >= 0.6 is 23.4 Å². The summed E-state index contributed by atoms with van der Waals surface area (Å²) in [5.41, 5.74) is 0.833. The van der Waals surface area contributed by atoms with Crippen molar-refractivity contribution in [2.24, 2.45) is 0 Å². The van der Waals surface area contributed by atoms with Crippen molar-refractivity contribution in [2.45, 2.75) is 30.0 Å². The smallest absolute Gasteiger partial charge is 0.244 e. The summed E-state index contributed by atoms with van der Waals surface area (Å²) in [6.07, 6.45) is 2.03. The molecule has 2 aromatic carbocycles. The van der Waals surface area contributed by atoms with Gasteiger partial charge in [-0.2, -0.15) is 4.31 Å². The third kappa shape index (κ3) is 4.19. The molecule has 140 valence electrons. The average molecular weight is 412 g/mol. The fourth-order valence-electron chi connectivity index (χ4n) is 2.80. The van der Waals surface area contributed by atoms with Crippen LogP contribution < -0.4 is 4.74 Å². The Morgan fingerprint density at radius 2 is 1.92 bits per heavy atom. The highest BCUT2D eigenvalue weighted by molar-refractivity contribution is 8.01. The minimum absolute atomic E-state index is 0.278. The summed E-state index contributed by atoms with van der Waals surface area (Å²) in [7, 11) is -3.60. The van der Waals surface area contributed by atoms with Crippen LogP contribution in [-0.4, -0.2) is 31.6 Å². The summed E-state index contributed by atoms with van der Waals surface area (Å²) in [5, 5.41) is 0.293. The molecule has 1 saturated heterocycles. The first-order chi connectivity index (χ1) is 12.5. The van der Waals surface area contributed by atoms with Crippen LogP contribution in [0.3, 0.4) is 0 Å². The van der Waals surface area contributed by atoms with E-state index in [4.69, 9.17) is 16.3 Å². The highest BCUT2D eigenvalue weighted by Gasteiger charge is 2.37. The number of hydrogen-bond donors (Lipinski definition) is 0. The van der Waals surface area contributed by atoms with Crippen LogP contribution in [-0.2, 0) is 10.0 Å². The predicted molar refractivity (Wildman–Crippen MR) is 107 cm³/mol. The normalized spacial score (nSPS) is 18.2. The highest BCUT2D eigenvalue weighted by atomic mass is 35.5. The molecular weight excluding hydrogens is 390 g/mol. The Kier molecular flexibility index (Phi) is 6.51. The molecule has 0 amide bonds. The van der Waals surface area contributed by atoms with Crippen molar-refractivity contribution in [3.8, 4) is 5.75 Å². The molecule has 0 saturated carbocycles. The molecule has 26 heavy (non-hydrogen) atoms. The first-order valence-electron chi connectivity index (χ1n) is 8.65. The number of halogens is 1. The van der Waals surface area contributed by atoms with Gasteiger partial charge in [0.05, 0.1) is 16.9 Å². The van der Waals surface area contributed by atoms with Gasteiger partial charge in [-0.05, 0) is 42.3 Å². The van der Waals surface area contributed by atoms with E-state index in [1.54, 1.807) is 42.1 Å². The zero-order valence-electron chi connectivity index (χ0n) is 14.6. The van der Waals surface area contributed by atoms with Gasteiger partial charge in [-0.15, -0.1) is 11.8 Å². The van der Waals surface area contributed by atoms with Gasteiger partial charge in [-0.25, -0.2) is 8.42 Å². The predicted octanol–water partition coefficient (Wildman–Crippen LogP) is 4.96. The van der Waals surface area contributed by atoms with Crippen molar-refractivity contribution in [2.75, 3.05) is 18.9 Å². The molecule has 7 heteroatoms. The van der Waals surface area contributed by atoms with Gasteiger partial charge in [0.2, 0.25) is 10.0 Å². The lowest BCUT2D eigenvalue weighted by Gasteiger charge is -2.24. The van der Waals surface area contributed by atoms with Gasteiger partial charge in [-0.3, -0.25) is 0 Å². The molecule has 4 nitrogen and oxygen atoms in total. The number of hydrogen-bond acceptors (Lipinski definition) is 4. The van der Waals surface area contributed by atoms with Gasteiger partial charge >= 0.3 is 0 Å². The average Bonchev–Trinajstić information content (AvgIpc) is 3.13. The molecule has 1 aliphatic heterocycles. The molecule has 0 bridgehead atoms. The van der Waals surface area contributed by atoms with Crippen LogP contribution in [0.5, 0.6) is 5.75 Å². The molecule has 3 rings (SSSR count). The first kappa shape index (κ1) is 19.5. The molecular formula is C19H22ClNO3S2. The lowest BCUT2D eigenvalue weighted by Crippen LogP contribution is -2.30. The van der Waals surface area contributed by atoms with Gasteiger partial charge < -0.3 is 4.74 Å². The van der Waals surface area contributed by atoms with Gasteiger partial charge in [0.25, 0.3) is 0 Å². The number of thioether (sulfide) groups is 1. The second kappa shape index (κ2) is 8.65. The van der Waals surface area contributed by atoms with E-state index in [0.717, 1.165) is 24.2 Å². The molecule has 0 aliphatic carbocycles. The maximum absolute atomic E-state index is 13.1. The Labute approximate surface area is 164 Å². The van der Waals surface area contributed by atoms with E-state index in [9.17, 15) is 8.42 Å². The number of sulfonamides is 1. The van der Waals surface area contributed by atoms with E-state index in [1.165, 1.54) is 4.31 Å². The van der Waals surface area contributed by atoms with Crippen LogP contribution in [0, 0.1) is 0 Å². The number of ether oxygens (including phenoxy) is 1. The van der Waals surface area contributed by atoms with Crippen LogP contribution in [0.15, 0.2) is 53.4 Å². The van der Waals surface area contributed by atoms with Crippen LogP contribution in [0.2, 0.25) is 5.02 Å². The monoisotopic (exact) mass is 411 g/mol. The van der Waals surface area contributed by atoms with Gasteiger partial charge in [-0.1, -0.05) is 43.1 Å². The van der Waals surface area contributed by atoms with Gasteiger partial charge in [0.15, 0.2) is 0 Å². The molecule has 1 fully saturated rings. The maximum atomic E-state index is 13.1. The molecule has 1 atom stereocenters. The Morgan fingerprint density at radius 3 is 2.62 bits per heavy atom. The van der Waals surface area contributed by atoms with Crippen molar-refractivity contribution in [1.29, 1.82) is 0 Å². The van der Waals surface area contributed by atoms with Crippen molar-refractivity contribution < 1.29 is 13.2 Å². The van der Waals surface area contributed by atoms with Crippen molar-refractivity contribution in [3.05, 3.63) is 59.1 Å². The van der Waals surface area contributed by atoms with E-state index >= 15 is 0 Å². The van der Waals surface area contributed by atoms with E-state index in [2.05, 4.69) is 6.92 Å². The Hall–Kier alpha value is -1.21. The summed E-state index contributed by atoms with van der Waals surface area (Å²) < 4.78 is 33.4. The summed E-state index contributed by atoms with van der Waals surface area (Å²) in [6.45, 7) is 3.21. The van der Waals surface area contributed by atoms with Crippen LogP contribution in [0.4, 0.5) is 0 Å². The zero-order chi connectivity index (χ0) is 18.6. The molecule has 1 aliphatic rings. The van der Waals surface area contributed by atoms with E-state index in [0.29, 0.717) is 23.9 Å². The fourth-order valence-corrected chi connectivity index (χ4v) is 6.37. The quantitative estimate of drug-likeness (QED) is 0.604. The van der Waals surface area contributed by atoms with E-state index in [1.807, 2.05) is 18.2 Å². The Bertz CT molecular complexity index is 840. The molecule has 0 unspecified atom stereocenters.